The highest BCUT2D eigenvalue weighted by molar-refractivity contribution is 6.30. The topological polar surface area (TPSA) is 109 Å². The lowest BCUT2D eigenvalue weighted by molar-refractivity contribution is 0.0933. The number of halogens is 1. The molecule has 0 saturated heterocycles. The first kappa shape index (κ1) is 16.6. The van der Waals surface area contributed by atoms with Gasteiger partial charge in [0.2, 0.25) is 0 Å². The second kappa shape index (κ2) is 6.99. The summed E-state index contributed by atoms with van der Waals surface area (Å²) in [6, 6.07) is 8.92. The summed E-state index contributed by atoms with van der Waals surface area (Å²) in [4.78, 5) is 23.7. The van der Waals surface area contributed by atoms with Gasteiger partial charge in [0.1, 0.15) is 6.26 Å². The van der Waals surface area contributed by atoms with Crippen LogP contribution in [-0.2, 0) is 0 Å². The highest BCUT2D eigenvalue weighted by Crippen LogP contribution is 2.35. The normalized spacial score (nSPS) is 11.5. The van der Waals surface area contributed by atoms with E-state index in [9.17, 15) is 9.59 Å². The van der Waals surface area contributed by atoms with Crippen LogP contribution in [-0.4, -0.2) is 18.9 Å². The standard InChI is InChI=1S/C16H14ClN3O3/c1-20-16(22)14-13(12(8-23-14)15(19)21)11(5-6-18)9-3-2-4-10(17)7-9/h2-4,7-8,11H,5H2,1H3,(H2,19,21)(H,20,22). The maximum atomic E-state index is 12.0. The Balaban J connectivity index is 2.67. The van der Waals surface area contributed by atoms with E-state index >= 15 is 0 Å². The molecule has 2 amide bonds. The molecule has 1 unspecified atom stereocenters. The van der Waals surface area contributed by atoms with Gasteiger partial charge in [0.25, 0.3) is 11.8 Å². The molecule has 0 radical (unpaired) electrons. The van der Waals surface area contributed by atoms with Gasteiger partial charge >= 0.3 is 0 Å². The molecule has 3 N–H and O–H groups in total. The quantitative estimate of drug-likeness (QED) is 0.876. The molecule has 0 saturated carbocycles. The van der Waals surface area contributed by atoms with Crippen LogP contribution in [0.2, 0.25) is 5.02 Å². The second-order valence-corrected chi connectivity index (χ2v) is 5.24. The van der Waals surface area contributed by atoms with Gasteiger partial charge < -0.3 is 15.5 Å². The number of nitrogens with zero attached hydrogens (tertiary/aromatic N) is 1. The van der Waals surface area contributed by atoms with Crippen LogP contribution in [0, 0.1) is 11.3 Å². The number of hydrogen-bond acceptors (Lipinski definition) is 4. The molecule has 0 spiro atoms. The summed E-state index contributed by atoms with van der Waals surface area (Å²) >= 11 is 6.01. The molecule has 1 atom stereocenters. The van der Waals surface area contributed by atoms with Gasteiger partial charge in [-0.15, -0.1) is 0 Å². The van der Waals surface area contributed by atoms with Crippen LogP contribution in [0.5, 0.6) is 0 Å². The van der Waals surface area contributed by atoms with Crippen LogP contribution in [0.25, 0.3) is 0 Å². The van der Waals surface area contributed by atoms with Gasteiger partial charge in [-0.2, -0.15) is 5.26 Å². The number of nitrogens with one attached hydrogen (secondary N) is 1. The highest BCUT2D eigenvalue weighted by Gasteiger charge is 2.29. The van der Waals surface area contributed by atoms with Crippen molar-refractivity contribution in [3.8, 4) is 6.07 Å². The first-order valence-electron chi connectivity index (χ1n) is 6.75. The number of benzene rings is 1. The second-order valence-electron chi connectivity index (χ2n) is 4.81. The molecule has 2 rings (SSSR count). The van der Waals surface area contributed by atoms with Crippen LogP contribution < -0.4 is 11.1 Å². The summed E-state index contributed by atoms with van der Waals surface area (Å²) < 4.78 is 5.23. The molecule has 1 aromatic carbocycles. The van der Waals surface area contributed by atoms with Gasteiger partial charge in [0.05, 0.1) is 11.6 Å². The number of amides is 2. The van der Waals surface area contributed by atoms with E-state index in [1.807, 2.05) is 0 Å². The van der Waals surface area contributed by atoms with E-state index in [0.29, 0.717) is 16.1 Å². The Kier molecular flexibility index (Phi) is 5.04. The van der Waals surface area contributed by atoms with Crippen molar-refractivity contribution in [3.63, 3.8) is 0 Å². The number of nitriles is 1. The summed E-state index contributed by atoms with van der Waals surface area (Å²) in [6.45, 7) is 0. The predicted molar refractivity (Wildman–Crippen MR) is 84.1 cm³/mol. The number of carbonyl (C=O) groups excluding carboxylic acids is 2. The Morgan fingerprint density at radius 3 is 2.78 bits per heavy atom. The molecule has 6 nitrogen and oxygen atoms in total. The van der Waals surface area contributed by atoms with Gasteiger partial charge in [-0.25, -0.2) is 0 Å². The third-order valence-corrected chi connectivity index (χ3v) is 3.66. The largest absolute Gasteiger partial charge is 0.458 e. The zero-order valence-corrected chi connectivity index (χ0v) is 13.1. The van der Waals surface area contributed by atoms with Crippen LogP contribution >= 0.6 is 11.6 Å². The molecule has 0 aliphatic heterocycles. The SMILES string of the molecule is CNC(=O)c1occ(C(N)=O)c1C(CC#N)c1cccc(Cl)c1. The third kappa shape index (κ3) is 3.35. The lowest BCUT2D eigenvalue weighted by Gasteiger charge is -2.16. The molecule has 0 fully saturated rings. The lowest BCUT2D eigenvalue weighted by Crippen LogP contribution is -2.21. The molecule has 0 bridgehead atoms. The van der Waals surface area contributed by atoms with E-state index in [4.69, 9.17) is 27.0 Å². The number of nitrogens with two attached hydrogens (primary N) is 1. The molecule has 23 heavy (non-hydrogen) atoms. The monoisotopic (exact) mass is 331 g/mol. The van der Waals surface area contributed by atoms with Crippen molar-refractivity contribution in [2.45, 2.75) is 12.3 Å². The Hall–Kier alpha value is -2.78. The molecular weight excluding hydrogens is 318 g/mol. The van der Waals surface area contributed by atoms with Gasteiger partial charge in [-0.1, -0.05) is 23.7 Å². The zero-order valence-electron chi connectivity index (χ0n) is 12.3. The van der Waals surface area contributed by atoms with E-state index in [2.05, 4.69) is 11.4 Å². The Morgan fingerprint density at radius 2 is 2.22 bits per heavy atom. The predicted octanol–water partition coefficient (Wildman–Crippen LogP) is 2.44. The minimum absolute atomic E-state index is 0.0319. The first-order chi connectivity index (χ1) is 11.0. The average Bonchev–Trinajstić information content (AvgIpc) is 2.96. The van der Waals surface area contributed by atoms with Crippen molar-refractivity contribution in [2.24, 2.45) is 5.73 Å². The number of furan rings is 1. The minimum Gasteiger partial charge on any atom is -0.458 e. The van der Waals surface area contributed by atoms with E-state index in [-0.39, 0.29) is 17.7 Å². The van der Waals surface area contributed by atoms with Gasteiger partial charge in [-0.05, 0) is 17.7 Å². The molecule has 0 aliphatic carbocycles. The summed E-state index contributed by atoms with van der Waals surface area (Å²) in [5.74, 6) is -1.84. The highest BCUT2D eigenvalue weighted by atomic mass is 35.5. The fourth-order valence-corrected chi connectivity index (χ4v) is 2.59. The van der Waals surface area contributed by atoms with Crippen LogP contribution in [0.4, 0.5) is 0 Å². The molecule has 1 aromatic heterocycles. The lowest BCUT2D eigenvalue weighted by atomic mass is 9.86. The summed E-state index contributed by atoms with van der Waals surface area (Å²) in [6.07, 6.45) is 1.17. The van der Waals surface area contributed by atoms with Crippen molar-refractivity contribution >= 4 is 23.4 Å². The Bertz CT molecular complexity index is 792. The first-order valence-corrected chi connectivity index (χ1v) is 7.13. The summed E-state index contributed by atoms with van der Waals surface area (Å²) in [5.41, 5.74) is 6.43. The van der Waals surface area contributed by atoms with Crippen molar-refractivity contribution < 1.29 is 14.0 Å². The van der Waals surface area contributed by atoms with Crippen molar-refractivity contribution in [3.05, 3.63) is 58.0 Å². The number of primary amides is 1. The summed E-state index contributed by atoms with van der Waals surface area (Å²) in [5, 5.41) is 12.1. The van der Waals surface area contributed by atoms with Gasteiger partial charge in [-0.3, -0.25) is 9.59 Å². The van der Waals surface area contributed by atoms with E-state index in [0.717, 1.165) is 6.26 Å². The van der Waals surface area contributed by atoms with Crippen molar-refractivity contribution in [2.75, 3.05) is 7.05 Å². The molecule has 1 heterocycles. The average molecular weight is 332 g/mol. The minimum atomic E-state index is -0.733. The van der Waals surface area contributed by atoms with Gasteiger partial charge in [0, 0.05) is 30.0 Å². The molecule has 0 aliphatic rings. The van der Waals surface area contributed by atoms with Crippen LogP contribution in [0.1, 0.15) is 44.4 Å². The fourth-order valence-electron chi connectivity index (χ4n) is 2.39. The Morgan fingerprint density at radius 1 is 1.48 bits per heavy atom. The van der Waals surface area contributed by atoms with E-state index < -0.39 is 17.7 Å². The van der Waals surface area contributed by atoms with E-state index in [1.165, 1.54) is 7.05 Å². The number of rotatable bonds is 5. The maximum absolute atomic E-state index is 12.0. The van der Waals surface area contributed by atoms with E-state index in [1.54, 1.807) is 24.3 Å². The van der Waals surface area contributed by atoms with Crippen LogP contribution in [0.3, 0.4) is 0 Å². The fraction of sp³-hybridized carbons (Fsp3) is 0.188. The molecule has 2 aromatic rings. The third-order valence-electron chi connectivity index (χ3n) is 3.42. The maximum Gasteiger partial charge on any atom is 0.287 e. The smallest absolute Gasteiger partial charge is 0.287 e. The zero-order chi connectivity index (χ0) is 17.0. The van der Waals surface area contributed by atoms with Crippen LogP contribution in [0.15, 0.2) is 34.9 Å². The van der Waals surface area contributed by atoms with Crippen molar-refractivity contribution in [1.29, 1.82) is 5.26 Å². The molecule has 7 heteroatoms. The molecular formula is C16H14ClN3O3. The van der Waals surface area contributed by atoms with Gasteiger partial charge in [0.15, 0.2) is 5.76 Å². The number of carbonyl (C=O) groups is 2. The summed E-state index contributed by atoms with van der Waals surface area (Å²) in [7, 11) is 1.44. The molecule has 118 valence electrons. The van der Waals surface area contributed by atoms with Crippen molar-refractivity contribution in [1.82, 2.24) is 5.32 Å². The Labute approximate surface area is 137 Å². The number of hydrogen-bond donors (Lipinski definition) is 2.